The Balaban J connectivity index is 1.87. The van der Waals surface area contributed by atoms with Crippen LogP contribution in [-0.2, 0) is 0 Å². The number of benzene rings is 1. The maximum atomic E-state index is 10.8. The number of nitrogens with zero attached hydrogens (tertiary/aromatic N) is 1. The SMILES string of the molecule is COc1cc([N+](=O)[O-])ccc1NC(c1cccs1)C1CC1. The molecule has 0 bridgehead atoms. The van der Waals surface area contributed by atoms with Crippen LogP contribution in [0.15, 0.2) is 35.7 Å². The number of ether oxygens (including phenoxy) is 1. The van der Waals surface area contributed by atoms with Gasteiger partial charge in [0.25, 0.3) is 5.69 Å². The summed E-state index contributed by atoms with van der Waals surface area (Å²) >= 11 is 1.73. The van der Waals surface area contributed by atoms with E-state index in [1.54, 1.807) is 17.4 Å². The third kappa shape index (κ3) is 3.00. The predicted molar refractivity (Wildman–Crippen MR) is 83.1 cm³/mol. The van der Waals surface area contributed by atoms with Crippen molar-refractivity contribution in [3.05, 3.63) is 50.7 Å². The van der Waals surface area contributed by atoms with Crippen LogP contribution in [0.1, 0.15) is 23.8 Å². The van der Waals surface area contributed by atoms with Gasteiger partial charge in [0.15, 0.2) is 0 Å². The summed E-state index contributed by atoms with van der Waals surface area (Å²) in [5.41, 5.74) is 0.838. The van der Waals surface area contributed by atoms with Crippen LogP contribution in [-0.4, -0.2) is 12.0 Å². The monoisotopic (exact) mass is 304 g/mol. The summed E-state index contributed by atoms with van der Waals surface area (Å²) in [5, 5.41) is 16.4. The van der Waals surface area contributed by atoms with E-state index < -0.39 is 4.92 Å². The average molecular weight is 304 g/mol. The minimum atomic E-state index is -0.413. The number of rotatable bonds is 6. The summed E-state index contributed by atoms with van der Waals surface area (Å²) in [6.45, 7) is 0. The summed E-state index contributed by atoms with van der Waals surface area (Å²) in [7, 11) is 1.53. The van der Waals surface area contributed by atoms with Crippen LogP contribution in [0.2, 0.25) is 0 Å². The fourth-order valence-electron chi connectivity index (χ4n) is 2.40. The molecule has 1 saturated carbocycles. The Bertz CT molecular complexity index is 638. The fraction of sp³-hybridized carbons (Fsp3) is 0.333. The van der Waals surface area contributed by atoms with Gasteiger partial charge < -0.3 is 10.1 Å². The highest BCUT2D eigenvalue weighted by atomic mass is 32.1. The maximum absolute atomic E-state index is 10.8. The van der Waals surface area contributed by atoms with E-state index in [0.717, 1.165) is 5.69 Å². The van der Waals surface area contributed by atoms with Gasteiger partial charge in [-0.05, 0) is 36.3 Å². The molecule has 1 fully saturated rings. The van der Waals surface area contributed by atoms with Crippen LogP contribution >= 0.6 is 11.3 Å². The van der Waals surface area contributed by atoms with Crippen LogP contribution in [0.4, 0.5) is 11.4 Å². The van der Waals surface area contributed by atoms with E-state index in [1.165, 1.54) is 37.0 Å². The van der Waals surface area contributed by atoms with Gasteiger partial charge in [-0.15, -0.1) is 11.3 Å². The summed E-state index contributed by atoms with van der Waals surface area (Å²) in [4.78, 5) is 11.7. The predicted octanol–water partition coefficient (Wildman–Crippen LogP) is 4.23. The maximum Gasteiger partial charge on any atom is 0.273 e. The molecule has 21 heavy (non-hydrogen) atoms. The first-order valence-corrected chi connectivity index (χ1v) is 7.69. The van der Waals surface area contributed by atoms with Crippen LogP contribution < -0.4 is 10.1 Å². The van der Waals surface area contributed by atoms with Crippen molar-refractivity contribution >= 4 is 22.7 Å². The van der Waals surface area contributed by atoms with Crippen molar-refractivity contribution in [3.8, 4) is 5.75 Å². The second-order valence-corrected chi connectivity index (χ2v) is 6.10. The van der Waals surface area contributed by atoms with E-state index in [4.69, 9.17) is 4.74 Å². The minimum absolute atomic E-state index is 0.0384. The molecule has 1 N–H and O–H groups in total. The van der Waals surface area contributed by atoms with Crippen molar-refractivity contribution in [1.29, 1.82) is 0 Å². The van der Waals surface area contributed by atoms with Gasteiger partial charge >= 0.3 is 0 Å². The average Bonchev–Trinajstić information content (AvgIpc) is 3.18. The van der Waals surface area contributed by atoms with Gasteiger partial charge in [-0.25, -0.2) is 0 Å². The molecule has 6 heteroatoms. The Morgan fingerprint density at radius 2 is 2.24 bits per heavy atom. The smallest absolute Gasteiger partial charge is 0.273 e. The normalized spacial score (nSPS) is 15.5. The van der Waals surface area contributed by atoms with Crippen molar-refractivity contribution in [1.82, 2.24) is 0 Å². The molecular weight excluding hydrogens is 288 g/mol. The lowest BCUT2D eigenvalue weighted by Crippen LogP contribution is -2.12. The van der Waals surface area contributed by atoms with Gasteiger partial charge in [0.1, 0.15) is 5.75 Å². The zero-order chi connectivity index (χ0) is 14.8. The Morgan fingerprint density at radius 3 is 2.81 bits per heavy atom. The molecule has 1 atom stereocenters. The van der Waals surface area contributed by atoms with Crippen LogP contribution in [0.5, 0.6) is 5.75 Å². The van der Waals surface area contributed by atoms with Gasteiger partial charge in [-0.2, -0.15) is 0 Å². The van der Waals surface area contributed by atoms with E-state index in [2.05, 4.69) is 16.8 Å². The summed E-state index contributed by atoms with van der Waals surface area (Å²) in [5.74, 6) is 1.13. The lowest BCUT2D eigenvalue weighted by atomic mass is 10.1. The highest BCUT2D eigenvalue weighted by Crippen LogP contribution is 2.45. The van der Waals surface area contributed by atoms with Gasteiger partial charge in [0.2, 0.25) is 0 Å². The van der Waals surface area contributed by atoms with Gasteiger partial charge in [-0.1, -0.05) is 6.07 Å². The van der Waals surface area contributed by atoms with Gasteiger partial charge in [0.05, 0.1) is 29.8 Å². The Kier molecular flexibility index (Phi) is 3.79. The second kappa shape index (κ2) is 5.73. The summed E-state index contributed by atoms with van der Waals surface area (Å²) in [6.07, 6.45) is 2.43. The third-order valence-electron chi connectivity index (χ3n) is 3.65. The molecule has 1 aliphatic carbocycles. The molecule has 0 radical (unpaired) electrons. The van der Waals surface area contributed by atoms with E-state index in [9.17, 15) is 10.1 Å². The van der Waals surface area contributed by atoms with Crippen LogP contribution in [0.25, 0.3) is 0 Å². The first-order chi connectivity index (χ1) is 10.2. The molecule has 0 spiro atoms. The Morgan fingerprint density at radius 1 is 1.43 bits per heavy atom. The minimum Gasteiger partial charge on any atom is -0.494 e. The standard InChI is InChI=1S/C15H16N2O3S/c1-20-13-9-11(17(18)19)6-7-12(13)16-15(10-4-5-10)14-3-2-8-21-14/h2-3,6-10,15-16H,4-5H2,1H3. The summed E-state index contributed by atoms with van der Waals surface area (Å²) < 4.78 is 5.29. The second-order valence-electron chi connectivity index (χ2n) is 5.12. The first-order valence-electron chi connectivity index (χ1n) is 6.81. The first kappa shape index (κ1) is 13.9. The quantitative estimate of drug-likeness (QED) is 0.641. The zero-order valence-electron chi connectivity index (χ0n) is 11.6. The number of nitrogens with one attached hydrogen (secondary N) is 1. The molecule has 5 nitrogen and oxygen atoms in total. The fourth-order valence-corrected chi connectivity index (χ4v) is 3.27. The van der Waals surface area contributed by atoms with E-state index in [0.29, 0.717) is 11.7 Å². The number of anilines is 1. The van der Waals surface area contributed by atoms with Gasteiger partial charge in [-0.3, -0.25) is 10.1 Å². The lowest BCUT2D eigenvalue weighted by Gasteiger charge is -2.20. The van der Waals surface area contributed by atoms with Crippen molar-refractivity contribution in [2.24, 2.45) is 5.92 Å². The lowest BCUT2D eigenvalue weighted by molar-refractivity contribution is -0.384. The molecule has 3 rings (SSSR count). The van der Waals surface area contributed by atoms with Crippen LogP contribution in [0.3, 0.4) is 0 Å². The molecule has 0 aliphatic heterocycles. The van der Waals surface area contributed by atoms with E-state index >= 15 is 0 Å². The number of non-ortho nitro benzene ring substituents is 1. The molecule has 1 aromatic carbocycles. The van der Waals surface area contributed by atoms with Crippen LogP contribution in [0, 0.1) is 16.0 Å². The molecule has 110 valence electrons. The van der Waals surface area contributed by atoms with E-state index in [-0.39, 0.29) is 11.7 Å². The Hall–Kier alpha value is -2.08. The number of methoxy groups -OCH3 is 1. The molecule has 2 aromatic rings. The largest absolute Gasteiger partial charge is 0.494 e. The number of thiophene rings is 1. The topological polar surface area (TPSA) is 64.4 Å². The van der Waals surface area contributed by atoms with Crippen molar-refractivity contribution in [3.63, 3.8) is 0 Å². The molecular formula is C15H16N2O3S. The zero-order valence-corrected chi connectivity index (χ0v) is 12.4. The third-order valence-corrected chi connectivity index (χ3v) is 4.61. The molecule has 1 aliphatic rings. The van der Waals surface area contributed by atoms with Crippen molar-refractivity contribution in [2.45, 2.75) is 18.9 Å². The molecule has 1 aromatic heterocycles. The molecule has 0 amide bonds. The number of nitro benzene ring substituents is 1. The highest BCUT2D eigenvalue weighted by molar-refractivity contribution is 7.10. The summed E-state index contributed by atoms with van der Waals surface area (Å²) in [6, 6.07) is 9.10. The number of hydrogen-bond acceptors (Lipinski definition) is 5. The number of nitro groups is 1. The Labute approximate surface area is 126 Å². The van der Waals surface area contributed by atoms with Crippen molar-refractivity contribution < 1.29 is 9.66 Å². The van der Waals surface area contributed by atoms with Gasteiger partial charge in [0, 0.05) is 10.9 Å². The molecule has 1 unspecified atom stereocenters. The number of hydrogen-bond donors (Lipinski definition) is 1. The highest BCUT2D eigenvalue weighted by Gasteiger charge is 2.33. The van der Waals surface area contributed by atoms with Crippen molar-refractivity contribution in [2.75, 3.05) is 12.4 Å². The molecule has 1 heterocycles. The van der Waals surface area contributed by atoms with E-state index in [1.807, 2.05) is 6.07 Å². The molecule has 0 saturated heterocycles.